The highest BCUT2D eigenvalue weighted by Gasteiger charge is 2.24. The van der Waals surface area contributed by atoms with Crippen LogP contribution in [0, 0.1) is 0 Å². The summed E-state index contributed by atoms with van der Waals surface area (Å²) in [5, 5.41) is 12.9. The predicted octanol–water partition coefficient (Wildman–Crippen LogP) is 6.39. The lowest BCUT2D eigenvalue weighted by molar-refractivity contribution is -0.122. The molecule has 7 heteroatoms. The van der Waals surface area contributed by atoms with Crippen LogP contribution in [0.15, 0.2) is 72.9 Å². The Hall–Kier alpha value is -2.22. The number of allylic oxidation sites excluding steroid dienone is 11. The van der Waals surface area contributed by atoms with Gasteiger partial charge < -0.3 is 10.4 Å². The summed E-state index contributed by atoms with van der Waals surface area (Å²) >= 11 is 0. The third-order valence-electron chi connectivity index (χ3n) is 5.13. The first-order chi connectivity index (χ1) is 17.3. The molecule has 36 heavy (non-hydrogen) atoms. The quantitative estimate of drug-likeness (QED) is 0.0922. The molecular weight excluding hydrogens is 474 g/mol. The predicted molar refractivity (Wildman–Crippen MR) is 151 cm³/mol. The minimum absolute atomic E-state index is 0.162. The molecule has 204 valence electrons. The number of rotatable bonds is 21. The standard InChI is InChI=1S/C29H47NO5S/c1-3-5-7-9-11-13-14-15-16-17-19-21-23-25-29(32)30-27(26-36(33,34)35)28(31)24-22-20-18-12-10-8-6-4-2/h5,7,10-13,15-16,19,21-22,24,27-28,31H,3-4,6,8-9,14,17-18,20,23,25-26H2,1-2H3,(H,30,32)(H,33,34,35)/b7-5-,12-10+,13-11-,16-15-,21-19-,24-22+. The van der Waals surface area contributed by atoms with Crippen LogP contribution in [-0.4, -0.2) is 41.9 Å². The molecule has 1 amide bonds. The summed E-state index contributed by atoms with van der Waals surface area (Å²) in [6.07, 6.45) is 32.0. The second-order valence-electron chi connectivity index (χ2n) is 8.57. The normalized spacial score (nSPS) is 14.9. The molecular formula is C29H47NO5S. The lowest BCUT2D eigenvalue weighted by Gasteiger charge is -2.20. The molecule has 0 aliphatic rings. The fourth-order valence-electron chi connectivity index (χ4n) is 3.16. The van der Waals surface area contributed by atoms with Crippen LogP contribution in [0.25, 0.3) is 0 Å². The summed E-state index contributed by atoms with van der Waals surface area (Å²) in [4.78, 5) is 12.3. The van der Waals surface area contributed by atoms with Gasteiger partial charge in [-0.05, 0) is 51.4 Å². The van der Waals surface area contributed by atoms with E-state index in [1.165, 1.54) is 6.08 Å². The van der Waals surface area contributed by atoms with Gasteiger partial charge in [-0.2, -0.15) is 8.42 Å². The van der Waals surface area contributed by atoms with Crippen LogP contribution in [0.5, 0.6) is 0 Å². The number of amides is 1. The SMILES string of the molecule is CC/C=C\C/C=C\C/C=C\C/C=C\CCC(=O)NC(CS(=O)(=O)O)C(O)/C=C/CC/C=C/CCCC. The van der Waals surface area contributed by atoms with Gasteiger partial charge in [0.2, 0.25) is 5.91 Å². The van der Waals surface area contributed by atoms with E-state index in [2.05, 4.69) is 67.8 Å². The van der Waals surface area contributed by atoms with E-state index in [1.54, 1.807) is 6.08 Å². The van der Waals surface area contributed by atoms with Crippen molar-refractivity contribution in [3.05, 3.63) is 72.9 Å². The number of nitrogens with one attached hydrogen (secondary N) is 1. The average molecular weight is 522 g/mol. The minimum Gasteiger partial charge on any atom is -0.387 e. The Morgan fingerprint density at radius 3 is 1.89 bits per heavy atom. The van der Waals surface area contributed by atoms with Gasteiger partial charge in [-0.15, -0.1) is 0 Å². The maximum atomic E-state index is 12.3. The molecule has 3 N–H and O–H groups in total. The molecule has 6 nitrogen and oxygen atoms in total. The maximum Gasteiger partial charge on any atom is 0.267 e. The van der Waals surface area contributed by atoms with Crippen molar-refractivity contribution in [2.45, 2.75) is 96.6 Å². The first-order valence-electron chi connectivity index (χ1n) is 13.1. The number of hydrogen-bond acceptors (Lipinski definition) is 4. The molecule has 0 heterocycles. The van der Waals surface area contributed by atoms with Gasteiger partial charge in [0.25, 0.3) is 10.1 Å². The van der Waals surface area contributed by atoms with Gasteiger partial charge in [-0.1, -0.05) is 99.6 Å². The van der Waals surface area contributed by atoms with Crippen molar-refractivity contribution in [1.29, 1.82) is 0 Å². The van der Waals surface area contributed by atoms with E-state index in [1.807, 2.05) is 12.2 Å². The molecule has 0 aromatic rings. The number of carbonyl (C=O) groups is 1. The van der Waals surface area contributed by atoms with Crippen LogP contribution in [-0.2, 0) is 14.9 Å². The zero-order valence-electron chi connectivity index (χ0n) is 22.1. The van der Waals surface area contributed by atoms with Gasteiger partial charge in [0, 0.05) is 6.42 Å². The van der Waals surface area contributed by atoms with E-state index >= 15 is 0 Å². The number of unbranched alkanes of at least 4 members (excludes halogenated alkanes) is 3. The minimum atomic E-state index is -4.36. The largest absolute Gasteiger partial charge is 0.387 e. The van der Waals surface area contributed by atoms with Crippen LogP contribution >= 0.6 is 0 Å². The van der Waals surface area contributed by atoms with Crippen molar-refractivity contribution >= 4 is 16.0 Å². The number of aliphatic hydroxyl groups excluding tert-OH is 1. The summed E-state index contributed by atoms with van der Waals surface area (Å²) in [5.74, 6) is -1.12. The van der Waals surface area contributed by atoms with E-state index in [4.69, 9.17) is 0 Å². The van der Waals surface area contributed by atoms with Crippen molar-refractivity contribution in [2.24, 2.45) is 0 Å². The molecule has 0 aromatic heterocycles. The second-order valence-corrected chi connectivity index (χ2v) is 10.1. The Kier molecular flexibility index (Phi) is 21.8. The molecule has 0 radical (unpaired) electrons. The topological polar surface area (TPSA) is 104 Å². The Bertz CT molecular complexity index is 838. The van der Waals surface area contributed by atoms with Gasteiger partial charge in [0.1, 0.15) is 0 Å². The van der Waals surface area contributed by atoms with E-state index in [0.717, 1.165) is 51.4 Å². The number of carbonyl (C=O) groups excluding carboxylic acids is 1. The Morgan fingerprint density at radius 2 is 1.31 bits per heavy atom. The van der Waals surface area contributed by atoms with E-state index in [0.29, 0.717) is 12.8 Å². The van der Waals surface area contributed by atoms with Crippen LogP contribution in [0.1, 0.15) is 84.5 Å². The van der Waals surface area contributed by atoms with E-state index in [9.17, 15) is 22.9 Å². The van der Waals surface area contributed by atoms with Crippen LogP contribution in [0.2, 0.25) is 0 Å². The smallest absolute Gasteiger partial charge is 0.267 e. The zero-order chi connectivity index (χ0) is 26.9. The molecule has 0 aliphatic heterocycles. The number of aliphatic hydroxyl groups is 1. The fourth-order valence-corrected chi connectivity index (χ4v) is 3.90. The first kappa shape index (κ1) is 33.8. The van der Waals surface area contributed by atoms with E-state index < -0.39 is 28.0 Å². The highest BCUT2D eigenvalue weighted by Crippen LogP contribution is 2.05. The molecule has 0 aliphatic carbocycles. The highest BCUT2D eigenvalue weighted by atomic mass is 32.2. The second kappa shape index (κ2) is 23.2. The highest BCUT2D eigenvalue weighted by molar-refractivity contribution is 7.85. The number of hydrogen-bond donors (Lipinski definition) is 3. The zero-order valence-corrected chi connectivity index (χ0v) is 22.9. The monoisotopic (exact) mass is 521 g/mol. The summed E-state index contributed by atoms with van der Waals surface area (Å²) < 4.78 is 31.9. The van der Waals surface area contributed by atoms with Gasteiger partial charge >= 0.3 is 0 Å². The van der Waals surface area contributed by atoms with Crippen molar-refractivity contribution in [3.8, 4) is 0 Å². The summed E-state index contributed by atoms with van der Waals surface area (Å²) in [5.41, 5.74) is 0. The van der Waals surface area contributed by atoms with E-state index in [-0.39, 0.29) is 12.3 Å². The average Bonchev–Trinajstić information content (AvgIpc) is 2.82. The summed E-state index contributed by atoms with van der Waals surface area (Å²) in [7, 11) is -4.36. The molecule has 2 unspecified atom stereocenters. The lowest BCUT2D eigenvalue weighted by atomic mass is 10.1. The third kappa shape index (κ3) is 23.5. The van der Waals surface area contributed by atoms with Gasteiger partial charge in [-0.25, -0.2) is 0 Å². The molecule has 2 atom stereocenters. The molecule has 0 saturated heterocycles. The van der Waals surface area contributed by atoms with Crippen LogP contribution in [0.3, 0.4) is 0 Å². The summed E-state index contributed by atoms with van der Waals surface area (Å²) in [6, 6.07) is -1.11. The van der Waals surface area contributed by atoms with Gasteiger partial charge in [0.05, 0.1) is 17.9 Å². The van der Waals surface area contributed by atoms with Crippen molar-refractivity contribution in [2.75, 3.05) is 5.75 Å². The molecule has 0 spiro atoms. The Morgan fingerprint density at radius 1 is 0.778 bits per heavy atom. The summed E-state index contributed by atoms with van der Waals surface area (Å²) in [6.45, 7) is 4.26. The van der Waals surface area contributed by atoms with Gasteiger partial charge in [-0.3, -0.25) is 9.35 Å². The Balaban J connectivity index is 4.39. The molecule has 0 saturated carbocycles. The molecule has 0 aromatic carbocycles. The van der Waals surface area contributed by atoms with Crippen molar-refractivity contribution < 1.29 is 22.9 Å². The maximum absolute atomic E-state index is 12.3. The lowest BCUT2D eigenvalue weighted by Crippen LogP contribution is -2.46. The van der Waals surface area contributed by atoms with Crippen LogP contribution < -0.4 is 5.32 Å². The molecule has 0 fully saturated rings. The molecule has 0 rings (SSSR count). The Labute approximate surface area is 219 Å². The third-order valence-corrected chi connectivity index (χ3v) is 5.91. The van der Waals surface area contributed by atoms with Crippen LogP contribution in [0.4, 0.5) is 0 Å². The fraction of sp³-hybridized carbons (Fsp3) is 0.552. The first-order valence-corrected chi connectivity index (χ1v) is 14.7. The van der Waals surface area contributed by atoms with Crippen molar-refractivity contribution in [3.63, 3.8) is 0 Å². The van der Waals surface area contributed by atoms with Crippen molar-refractivity contribution in [1.82, 2.24) is 5.32 Å². The molecule has 0 bridgehead atoms. The van der Waals surface area contributed by atoms with Gasteiger partial charge in [0.15, 0.2) is 0 Å².